The van der Waals surface area contributed by atoms with Crippen molar-refractivity contribution in [2.45, 2.75) is 45.3 Å². The van der Waals surface area contributed by atoms with Crippen molar-refractivity contribution >= 4 is 5.96 Å². The van der Waals surface area contributed by atoms with Crippen molar-refractivity contribution in [2.24, 2.45) is 4.99 Å². The highest BCUT2D eigenvalue weighted by molar-refractivity contribution is 5.79. The van der Waals surface area contributed by atoms with Crippen LogP contribution in [0.25, 0.3) is 0 Å². The summed E-state index contributed by atoms with van der Waals surface area (Å²) in [5.74, 6) is 1.70. The molecule has 0 bridgehead atoms. The van der Waals surface area contributed by atoms with E-state index in [0.29, 0.717) is 19.3 Å². The van der Waals surface area contributed by atoms with Gasteiger partial charge in [0.15, 0.2) is 5.96 Å². The molecule has 1 saturated heterocycles. The molecule has 0 aromatic carbocycles. The third kappa shape index (κ3) is 9.22. The molecule has 1 aliphatic heterocycles. The number of hydrogen-bond donors (Lipinski definition) is 2. The van der Waals surface area contributed by atoms with Crippen molar-refractivity contribution in [3.8, 4) is 0 Å². The second-order valence-corrected chi connectivity index (χ2v) is 6.21. The fourth-order valence-electron chi connectivity index (χ4n) is 2.64. The van der Waals surface area contributed by atoms with Gasteiger partial charge in [0.2, 0.25) is 0 Å². The number of ether oxygens (including phenoxy) is 3. The summed E-state index contributed by atoms with van der Waals surface area (Å²) in [6, 6.07) is 3.78. The maximum Gasteiger partial charge on any atom is 0.191 e. The van der Waals surface area contributed by atoms with Gasteiger partial charge in [0.1, 0.15) is 12.4 Å². The Labute approximate surface area is 156 Å². The summed E-state index contributed by atoms with van der Waals surface area (Å²) < 4.78 is 22.0. The second kappa shape index (κ2) is 13.6. The SMILES string of the molecule is CCNC(=NCCCOCc1ccco1)NCCCOC1CCOCC1. The number of rotatable bonds is 12. The Balaban J connectivity index is 1.49. The highest BCUT2D eigenvalue weighted by Gasteiger charge is 2.13. The molecule has 1 fully saturated rings. The van der Waals surface area contributed by atoms with Gasteiger partial charge in [-0.3, -0.25) is 4.99 Å². The van der Waals surface area contributed by atoms with Crippen LogP contribution in [0.1, 0.15) is 38.4 Å². The first kappa shape index (κ1) is 20.7. The van der Waals surface area contributed by atoms with Crippen LogP contribution in [0, 0.1) is 0 Å². The molecule has 2 N–H and O–H groups in total. The summed E-state index contributed by atoms with van der Waals surface area (Å²) in [5, 5.41) is 6.61. The lowest BCUT2D eigenvalue weighted by Crippen LogP contribution is -2.38. The fourth-order valence-corrected chi connectivity index (χ4v) is 2.64. The topological polar surface area (TPSA) is 77.3 Å². The Morgan fingerprint density at radius 2 is 2.12 bits per heavy atom. The number of furan rings is 1. The zero-order valence-corrected chi connectivity index (χ0v) is 15.9. The van der Waals surface area contributed by atoms with E-state index in [2.05, 4.69) is 22.5 Å². The van der Waals surface area contributed by atoms with Gasteiger partial charge >= 0.3 is 0 Å². The number of guanidine groups is 1. The van der Waals surface area contributed by atoms with Gasteiger partial charge < -0.3 is 29.3 Å². The first-order valence-corrected chi connectivity index (χ1v) is 9.70. The number of nitrogens with zero attached hydrogens (tertiary/aromatic N) is 1. The summed E-state index contributed by atoms with van der Waals surface area (Å²) in [5.41, 5.74) is 0. The molecule has 2 rings (SSSR count). The summed E-state index contributed by atoms with van der Waals surface area (Å²) in [7, 11) is 0. The molecular weight excluding hydrogens is 334 g/mol. The van der Waals surface area contributed by atoms with Crippen molar-refractivity contribution in [1.29, 1.82) is 0 Å². The largest absolute Gasteiger partial charge is 0.467 e. The van der Waals surface area contributed by atoms with E-state index in [1.54, 1.807) is 6.26 Å². The number of hydrogen-bond acceptors (Lipinski definition) is 5. The van der Waals surface area contributed by atoms with E-state index in [0.717, 1.165) is 76.9 Å². The van der Waals surface area contributed by atoms with Crippen molar-refractivity contribution < 1.29 is 18.6 Å². The minimum absolute atomic E-state index is 0.367. The van der Waals surface area contributed by atoms with Crippen LogP contribution in [0.5, 0.6) is 0 Å². The fraction of sp³-hybridized carbons (Fsp3) is 0.737. The molecule has 1 aliphatic rings. The smallest absolute Gasteiger partial charge is 0.191 e. The van der Waals surface area contributed by atoms with E-state index >= 15 is 0 Å². The van der Waals surface area contributed by atoms with Crippen molar-refractivity contribution in [1.82, 2.24) is 10.6 Å². The molecule has 1 aromatic rings. The van der Waals surface area contributed by atoms with E-state index in [9.17, 15) is 0 Å². The molecule has 26 heavy (non-hydrogen) atoms. The lowest BCUT2D eigenvalue weighted by atomic mass is 10.1. The van der Waals surface area contributed by atoms with Crippen LogP contribution in [-0.2, 0) is 20.8 Å². The van der Waals surface area contributed by atoms with Crippen LogP contribution < -0.4 is 10.6 Å². The van der Waals surface area contributed by atoms with Crippen LogP contribution in [0.4, 0.5) is 0 Å². The monoisotopic (exact) mass is 367 g/mol. The van der Waals surface area contributed by atoms with E-state index < -0.39 is 0 Å². The molecule has 0 spiro atoms. The molecule has 7 nitrogen and oxygen atoms in total. The average molecular weight is 367 g/mol. The van der Waals surface area contributed by atoms with Gasteiger partial charge in [-0.25, -0.2) is 0 Å². The Morgan fingerprint density at radius 3 is 2.88 bits per heavy atom. The van der Waals surface area contributed by atoms with Crippen LogP contribution in [-0.4, -0.2) is 58.1 Å². The van der Waals surface area contributed by atoms with Gasteiger partial charge in [0, 0.05) is 46.1 Å². The maximum absolute atomic E-state index is 5.88. The van der Waals surface area contributed by atoms with E-state index in [1.165, 1.54) is 0 Å². The summed E-state index contributed by atoms with van der Waals surface area (Å²) in [4.78, 5) is 4.57. The second-order valence-electron chi connectivity index (χ2n) is 6.21. The summed E-state index contributed by atoms with van der Waals surface area (Å²) in [6.07, 6.45) is 5.90. The van der Waals surface area contributed by atoms with Gasteiger partial charge in [0.05, 0.1) is 12.4 Å². The standard InChI is InChI=1S/C19H33N3O4/c1-2-20-19(21-9-4-11-24-16-18-6-3-12-26-18)22-10-5-13-25-17-7-14-23-15-8-17/h3,6,12,17H,2,4-5,7-11,13-16H2,1H3,(H2,20,21,22). The van der Waals surface area contributed by atoms with Crippen LogP contribution in [0.3, 0.4) is 0 Å². The number of nitrogens with one attached hydrogen (secondary N) is 2. The summed E-state index contributed by atoms with van der Waals surface area (Å²) in [6.45, 7) is 8.10. The van der Waals surface area contributed by atoms with Crippen molar-refractivity contribution in [3.63, 3.8) is 0 Å². The minimum Gasteiger partial charge on any atom is -0.467 e. The van der Waals surface area contributed by atoms with Crippen LogP contribution >= 0.6 is 0 Å². The Morgan fingerprint density at radius 1 is 1.23 bits per heavy atom. The highest BCUT2D eigenvalue weighted by Crippen LogP contribution is 2.10. The molecule has 0 atom stereocenters. The first-order valence-electron chi connectivity index (χ1n) is 9.70. The molecule has 0 amide bonds. The van der Waals surface area contributed by atoms with Gasteiger partial charge in [-0.1, -0.05) is 0 Å². The zero-order valence-electron chi connectivity index (χ0n) is 15.9. The summed E-state index contributed by atoms with van der Waals surface area (Å²) >= 11 is 0. The normalized spacial score (nSPS) is 16.0. The number of aliphatic imine (C=N–C) groups is 1. The maximum atomic E-state index is 5.88. The molecule has 7 heteroatoms. The predicted molar refractivity (Wildman–Crippen MR) is 101 cm³/mol. The first-order chi connectivity index (χ1) is 12.9. The molecule has 0 aliphatic carbocycles. The molecule has 0 saturated carbocycles. The zero-order chi connectivity index (χ0) is 18.3. The minimum atomic E-state index is 0.367. The molecule has 2 heterocycles. The Kier molecular flexibility index (Phi) is 10.9. The molecule has 1 aromatic heterocycles. The predicted octanol–water partition coefficient (Wildman–Crippen LogP) is 2.33. The highest BCUT2D eigenvalue weighted by atomic mass is 16.5. The quantitative estimate of drug-likeness (QED) is 0.335. The van der Waals surface area contributed by atoms with Gasteiger partial charge in [-0.2, -0.15) is 0 Å². The van der Waals surface area contributed by atoms with Crippen LogP contribution in [0.15, 0.2) is 27.8 Å². The third-order valence-electron chi connectivity index (χ3n) is 4.02. The van der Waals surface area contributed by atoms with Gasteiger partial charge in [-0.05, 0) is 44.7 Å². The van der Waals surface area contributed by atoms with E-state index in [1.807, 2.05) is 12.1 Å². The third-order valence-corrected chi connectivity index (χ3v) is 4.02. The Hall–Kier alpha value is -1.57. The van der Waals surface area contributed by atoms with Crippen LogP contribution in [0.2, 0.25) is 0 Å². The lowest BCUT2D eigenvalue weighted by molar-refractivity contribution is -0.0320. The van der Waals surface area contributed by atoms with Crippen molar-refractivity contribution in [2.75, 3.05) is 46.1 Å². The molecule has 0 unspecified atom stereocenters. The Bertz CT molecular complexity index is 473. The lowest BCUT2D eigenvalue weighted by Gasteiger charge is -2.22. The average Bonchev–Trinajstić information content (AvgIpc) is 3.18. The van der Waals surface area contributed by atoms with Gasteiger partial charge in [-0.15, -0.1) is 0 Å². The molecular formula is C19H33N3O4. The molecule has 148 valence electrons. The molecule has 0 radical (unpaired) electrons. The van der Waals surface area contributed by atoms with E-state index in [-0.39, 0.29) is 0 Å². The van der Waals surface area contributed by atoms with Gasteiger partial charge in [0.25, 0.3) is 0 Å². The van der Waals surface area contributed by atoms with E-state index in [4.69, 9.17) is 18.6 Å². The van der Waals surface area contributed by atoms with Crippen molar-refractivity contribution in [3.05, 3.63) is 24.2 Å².